The molecule has 0 unspecified atom stereocenters. The van der Waals surface area contributed by atoms with Crippen LogP contribution in [0.1, 0.15) is 71.5 Å². The van der Waals surface area contributed by atoms with E-state index in [-0.39, 0.29) is 23.5 Å². The summed E-state index contributed by atoms with van der Waals surface area (Å²) in [6.45, 7) is 1.84. The van der Waals surface area contributed by atoms with Gasteiger partial charge in [0.1, 0.15) is 11.4 Å². The minimum absolute atomic E-state index is 0.0209. The van der Waals surface area contributed by atoms with Gasteiger partial charge in [0.2, 0.25) is 0 Å². The summed E-state index contributed by atoms with van der Waals surface area (Å²) in [5.41, 5.74) is 3.00. The highest BCUT2D eigenvalue weighted by Crippen LogP contribution is 2.41. The molecule has 1 fully saturated rings. The molecular weight excluding hydrogens is 494 g/mol. The normalized spacial score (nSPS) is 17.9. The first-order valence-electron chi connectivity index (χ1n) is 12.3. The number of methoxy groups -OCH3 is 1. The fourth-order valence-corrected chi connectivity index (χ4v) is 6.25. The number of hydrogen-bond acceptors (Lipinski definition) is 6. The van der Waals surface area contributed by atoms with Crippen LogP contribution in [0.2, 0.25) is 4.34 Å². The molecule has 3 heterocycles. The van der Waals surface area contributed by atoms with Crippen LogP contribution >= 0.6 is 22.9 Å². The average Bonchev–Trinajstić information content (AvgIpc) is 3.51. The molecule has 6 nitrogen and oxygen atoms in total. The summed E-state index contributed by atoms with van der Waals surface area (Å²) in [5.74, 6) is 1.78. The van der Waals surface area contributed by atoms with Crippen LogP contribution < -0.4 is 4.74 Å². The van der Waals surface area contributed by atoms with Gasteiger partial charge >= 0.3 is 0 Å². The third-order valence-corrected chi connectivity index (χ3v) is 8.24. The van der Waals surface area contributed by atoms with Gasteiger partial charge < -0.3 is 9.30 Å². The molecular formula is C28H28ClN3O3S. The lowest BCUT2D eigenvalue weighted by Gasteiger charge is -2.31. The number of ketones is 2. The predicted molar refractivity (Wildman–Crippen MR) is 143 cm³/mol. The van der Waals surface area contributed by atoms with Crippen molar-refractivity contribution in [3.05, 3.63) is 63.4 Å². The zero-order chi connectivity index (χ0) is 25.2. The van der Waals surface area contributed by atoms with Crippen LogP contribution in [0.4, 0.5) is 0 Å². The molecule has 0 saturated heterocycles. The lowest BCUT2D eigenvalue weighted by molar-refractivity contribution is 0.0944. The average molecular weight is 522 g/mol. The van der Waals surface area contributed by atoms with Crippen molar-refractivity contribution in [3.8, 4) is 17.3 Å². The van der Waals surface area contributed by atoms with Gasteiger partial charge in [-0.3, -0.25) is 14.6 Å². The van der Waals surface area contributed by atoms with Gasteiger partial charge in [-0.25, -0.2) is 4.98 Å². The van der Waals surface area contributed by atoms with Crippen LogP contribution in [-0.2, 0) is 0 Å². The zero-order valence-electron chi connectivity index (χ0n) is 20.4. The van der Waals surface area contributed by atoms with Crippen molar-refractivity contribution in [1.82, 2.24) is 14.5 Å². The maximum Gasteiger partial charge on any atom is 0.173 e. The van der Waals surface area contributed by atoms with Gasteiger partial charge in [0, 0.05) is 31.1 Å². The van der Waals surface area contributed by atoms with Crippen molar-refractivity contribution in [1.29, 1.82) is 0 Å². The third-order valence-electron chi connectivity index (χ3n) is 6.97. The number of carbonyl (C=O) groups excluding carboxylic acids is 2. The summed E-state index contributed by atoms with van der Waals surface area (Å²) in [5, 5.41) is 0. The molecule has 1 aliphatic rings. The molecule has 0 aliphatic heterocycles. The van der Waals surface area contributed by atoms with Gasteiger partial charge in [-0.15, -0.1) is 11.3 Å². The maximum absolute atomic E-state index is 12.9. The number of benzene rings is 1. The maximum atomic E-state index is 12.9. The largest absolute Gasteiger partial charge is 0.496 e. The predicted octanol–water partition coefficient (Wildman–Crippen LogP) is 7.42. The number of ether oxygens (including phenoxy) is 1. The van der Waals surface area contributed by atoms with Crippen molar-refractivity contribution < 1.29 is 14.3 Å². The fraction of sp³-hybridized carbons (Fsp3) is 0.357. The lowest BCUT2D eigenvalue weighted by Crippen LogP contribution is -2.22. The number of thiophene rings is 1. The van der Waals surface area contributed by atoms with Gasteiger partial charge in [-0.2, -0.15) is 0 Å². The number of hydrogen-bond donors (Lipinski definition) is 0. The van der Waals surface area contributed by atoms with Crippen molar-refractivity contribution in [3.63, 3.8) is 0 Å². The summed E-state index contributed by atoms with van der Waals surface area (Å²) in [6, 6.07) is 13.3. The molecule has 2 atom stereocenters. The molecule has 0 N–H and O–H groups in total. The highest BCUT2D eigenvalue weighted by Gasteiger charge is 2.30. The first-order chi connectivity index (χ1) is 17.5. The second-order valence-corrected chi connectivity index (χ2v) is 11.0. The van der Waals surface area contributed by atoms with Crippen LogP contribution in [0.5, 0.6) is 5.75 Å². The second kappa shape index (κ2) is 10.5. The fourth-order valence-electron chi connectivity index (χ4n) is 5.25. The number of imidazole rings is 1. The smallest absolute Gasteiger partial charge is 0.173 e. The standard InChI is InChI=1S/C28H28ClN3O3S/c1-3-23(33)19-15-21-22(16-25(19)35-2)32(28(31-21)20-9-4-5-12-30-20)18-8-6-7-17(13-18)14-24(34)26-10-11-27(29)36-26/h4-5,9-12,15-18H,3,6-8,13-14H2,1-2H3/t17-,18+/m1/s1. The molecule has 1 saturated carbocycles. The Bertz CT molecular complexity index is 1410. The molecule has 0 amide bonds. The summed E-state index contributed by atoms with van der Waals surface area (Å²) >= 11 is 7.40. The SMILES string of the molecule is CCC(=O)c1cc2nc(-c3ccccn3)n([C@H]3CCC[C@@H](CC(=O)c4ccc(Cl)s4)C3)c2cc1OC. The molecule has 0 bridgehead atoms. The Morgan fingerprint density at radius 1 is 1.17 bits per heavy atom. The van der Waals surface area contributed by atoms with Crippen LogP contribution in [0.25, 0.3) is 22.6 Å². The summed E-state index contributed by atoms with van der Waals surface area (Å²) in [4.78, 5) is 35.8. The highest BCUT2D eigenvalue weighted by molar-refractivity contribution is 7.18. The van der Waals surface area contributed by atoms with E-state index in [9.17, 15) is 9.59 Å². The van der Waals surface area contributed by atoms with E-state index in [1.165, 1.54) is 11.3 Å². The summed E-state index contributed by atoms with van der Waals surface area (Å²) in [7, 11) is 1.59. The Balaban J connectivity index is 1.55. The van der Waals surface area contributed by atoms with Crippen molar-refractivity contribution >= 4 is 45.5 Å². The van der Waals surface area contributed by atoms with Crippen LogP contribution in [0, 0.1) is 5.92 Å². The van der Waals surface area contributed by atoms with Gasteiger partial charge in [-0.05, 0) is 55.5 Å². The van der Waals surface area contributed by atoms with E-state index >= 15 is 0 Å². The van der Waals surface area contributed by atoms with Crippen molar-refractivity contribution in [2.24, 2.45) is 5.92 Å². The topological polar surface area (TPSA) is 74.1 Å². The number of aromatic nitrogens is 3. The number of halogens is 1. The van der Waals surface area contributed by atoms with E-state index in [0.717, 1.165) is 53.1 Å². The quantitative estimate of drug-likeness (QED) is 0.225. The van der Waals surface area contributed by atoms with E-state index in [1.807, 2.05) is 43.3 Å². The van der Waals surface area contributed by atoms with E-state index in [1.54, 1.807) is 19.4 Å². The first kappa shape index (κ1) is 24.7. The van der Waals surface area contributed by atoms with Crippen LogP contribution in [0.3, 0.4) is 0 Å². The number of fused-ring (bicyclic) bond motifs is 1. The van der Waals surface area contributed by atoms with Gasteiger partial charge in [0.05, 0.1) is 32.9 Å². The van der Waals surface area contributed by atoms with E-state index in [0.29, 0.717) is 28.5 Å². The summed E-state index contributed by atoms with van der Waals surface area (Å²) < 4.78 is 8.51. The molecule has 0 spiro atoms. The Morgan fingerprint density at radius 3 is 2.72 bits per heavy atom. The lowest BCUT2D eigenvalue weighted by atomic mass is 9.82. The van der Waals surface area contributed by atoms with E-state index in [4.69, 9.17) is 21.3 Å². The molecule has 5 rings (SSSR count). The van der Waals surface area contributed by atoms with Crippen LogP contribution in [0.15, 0.2) is 48.7 Å². The Morgan fingerprint density at radius 2 is 2.03 bits per heavy atom. The Kier molecular flexibility index (Phi) is 7.21. The molecule has 1 aliphatic carbocycles. The first-order valence-corrected chi connectivity index (χ1v) is 13.5. The number of Topliss-reactive ketones (excluding diaryl/α,β-unsaturated/α-hetero) is 2. The minimum Gasteiger partial charge on any atom is -0.496 e. The van der Waals surface area contributed by atoms with Gasteiger partial charge in [0.15, 0.2) is 17.4 Å². The van der Waals surface area contributed by atoms with Crippen molar-refractivity contribution in [2.75, 3.05) is 7.11 Å². The molecule has 0 radical (unpaired) electrons. The molecule has 186 valence electrons. The number of nitrogens with zero attached hydrogens (tertiary/aromatic N) is 3. The number of pyridine rings is 1. The molecule has 8 heteroatoms. The number of carbonyl (C=O) groups is 2. The highest BCUT2D eigenvalue weighted by atomic mass is 35.5. The zero-order valence-corrected chi connectivity index (χ0v) is 21.9. The van der Waals surface area contributed by atoms with E-state index in [2.05, 4.69) is 9.55 Å². The Hall–Kier alpha value is -3.03. The van der Waals surface area contributed by atoms with E-state index < -0.39 is 0 Å². The van der Waals surface area contributed by atoms with Crippen molar-refractivity contribution in [2.45, 2.75) is 51.5 Å². The monoisotopic (exact) mass is 521 g/mol. The molecule has 3 aromatic heterocycles. The molecule has 1 aromatic carbocycles. The van der Waals surface area contributed by atoms with Crippen LogP contribution in [-0.4, -0.2) is 33.2 Å². The van der Waals surface area contributed by atoms with Gasteiger partial charge in [-0.1, -0.05) is 31.0 Å². The second-order valence-electron chi connectivity index (χ2n) is 9.26. The van der Waals surface area contributed by atoms with Gasteiger partial charge in [0.25, 0.3) is 0 Å². The molecule has 4 aromatic rings. The Labute approximate surface area is 219 Å². The molecule has 36 heavy (non-hydrogen) atoms. The minimum atomic E-state index is 0.0209. The number of rotatable bonds is 8. The summed E-state index contributed by atoms with van der Waals surface area (Å²) in [6.07, 6.45) is 6.57. The third kappa shape index (κ3) is 4.82.